The van der Waals surface area contributed by atoms with E-state index in [1.807, 2.05) is 6.92 Å². The molecule has 8 heavy (non-hydrogen) atoms. The first-order valence-electron chi connectivity index (χ1n) is 2.53. The van der Waals surface area contributed by atoms with Crippen molar-refractivity contribution in [1.29, 1.82) is 0 Å². The molecule has 0 amide bonds. The van der Waals surface area contributed by atoms with Gasteiger partial charge in [-0.25, -0.2) is 0 Å². The molecule has 0 aliphatic heterocycles. The Morgan fingerprint density at radius 2 is 2.38 bits per heavy atom. The molecule has 0 saturated heterocycles. The van der Waals surface area contributed by atoms with Gasteiger partial charge in [0.05, 0.1) is 6.61 Å². The summed E-state index contributed by atoms with van der Waals surface area (Å²) in [6.45, 7) is 3.94. The molecule has 0 radical (unpaired) electrons. The number of thiocarbonyl (C=S) groups is 1. The summed E-state index contributed by atoms with van der Waals surface area (Å²) < 4.78 is 4.78. The van der Waals surface area contributed by atoms with Crippen LogP contribution in [-0.4, -0.2) is 22.9 Å². The summed E-state index contributed by atoms with van der Waals surface area (Å²) in [5.41, 5.74) is 0. The average molecular weight is 134 g/mol. The Labute approximate surface area is 54.5 Å². The van der Waals surface area contributed by atoms with Crippen molar-refractivity contribution in [2.45, 2.75) is 20.0 Å². The van der Waals surface area contributed by atoms with Crippen LogP contribution >= 0.6 is 12.2 Å². The molecule has 0 saturated carbocycles. The maximum atomic E-state index is 8.69. The van der Waals surface area contributed by atoms with Crippen molar-refractivity contribution in [3.05, 3.63) is 0 Å². The zero-order valence-corrected chi connectivity index (χ0v) is 5.86. The fourth-order valence-electron chi connectivity index (χ4n) is 0.263. The van der Waals surface area contributed by atoms with Crippen molar-refractivity contribution in [1.82, 2.24) is 0 Å². The quantitative estimate of drug-likeness (QED) is 0.565. The fourth-order valence-corrected chi connectivity index (χ4v) is 0.381. The lowest BCUT2D eigenvalue weighted by Gasteiger charge is -2.05. The van der Waals surface area contributed by atoms with E-state index in [0.29, 0.717) is 6.61 Å². The van der Waals surface area contributed by atoms with Gasteiger partial charge in [0.25, 0.3) is 0 Å². The summed E-state index contributed by atoms with van der Waals surface area (Å²) >= 11 is 4.60. The number of aliphatic hydroxyl groups excluding tert-OH is 1. The molecule has 0 aromatic carbocycles. The molecule has 0 aromatic rings. The second-order valence-electron chi connectivity index (χ2n) is 1.43. The average Bonchev–Trinajstić information content (AvgIpc) is 1.67. The Kier molecular flexibility index (Phi) is 3.73. The van der Waals surface area contributed by atoms with Gasteiger partial charge in [-0.3, -0.25) is 0 Å². The van der Waals surface area contributed by atoms with Crippen LogP contribution in [0.25, 0.3) is 0 Å². The van der Waals surface area contributed by atoms with Gasteiger partial charge in [-0.05, 0) is 26.1 Å². The highest BCUT2D eigenvalue weighted by Crippen LogP contribution is 1.88. The van der Waals surface area contributed by atoms with E-state index in [0.717, 1.165) is 0 Å². The highest BCUT2D eigenvalue weighted by atomic mass is 32.1. The number of rotatable bonds is 2. The third kappa shape index (κ3) is 2.93. The first kappa shape index (κ1) is 7.85. The van der Waals surface area contributed by atoms with Crippen molar-refractivity contribution in [3.63, 3.8) is 0 Å². The molecule has 48 valence electrons. The van der Waals surface area contributed by atoms with Gasteiger partial charge in [0.2, 0.25) is 0 Å². The highest BCUT2D eigenvalue weighted by Gasteiger charge is 2.01. The van der Waals surface area contributed by atoms with Crippen LogP contribution in [0.15, 0.2) is 0 Å². The molecule has 3 heteroatoms. The van der Waals surface area contributed by atoms with Gasteiger partial charge in [-0.15, -0.1) is 0 Å². The normalized spacial score (nSPS) is 12.9. The van der Waals surface area contributed by atoms with Crippen LogP contribution in [0, 0.1) is 0 Å². The van der Waals surface area contributed by atoms with E-state index >= 15 is 0 Å². The lowest BCUT2D eigenvalue weighted by atomic mass is 10.4. The molecule has 0 bridgehead atoms. The molecule has 1 N–H and O–H groups in total. The predicted octanol–water partition coefficient (Wildman–Crippen LogP) is 0.731. The van der Waals surface area contributed by atoms with E-state index in [9.17, 15) is 0 Å². The summed E-state index contributed by atoms with van der Waals surface area (Å²) in [5, 5.41) is 8.96. The Morgan fingerprint density at radius 3 is 2.50 bits per heavy atom. The monoisotopic (exact) mass is 134 g/mol. The first-order valence-corrected chi connectivity index (χ1v) is 2.94. The van der Waals surface area contributed by atoms with E-state index in [1.54, 1.807) is 6.92 Å². The van der Waals surface area contributed by atoms with E-state index in [2.05, 4.69) is 12.2 Å². The molecule has 0 fully saturated rings. The van der Waals surface area contributed by atoms with Crippen LogP contribution < -0.4 is 0 Å². The zero-order chi connectivity index (χ0) is 6.57. The molecule has 1 atom stereocenters. The fraction of sp³-hybridized carbons (Fsp3) is 0.800. The van der Waals surface area contributed by atoms with Crippen LogP contribution in [-0.2, 0) is 4.74 Å². The van der Waals surface area contributed by atoms with E-state index in [4.69, 9.17) is 9.84 Å². The Balaban J connectivity index is 3.33. The maximum Gasteiger partial charge on any atom is 0.188 e. The topological polar surface area (TPSA) is 29.5 Å². The zero-order valence-electron chi connectivity index (χ0n) is 5.05. The van der Waals surface area contributed by atoms with Gasteiger partial charge in [0, 0.05) is 0 Å². The SMILES string of the molecule is CCOC(=S)C(C)O. The lowest BCUT2D eigenvalue weighted by Crippen LogP contribution is -2.16. The van der Waals surface area contributed by atoms with Gasteiger partial charge >= 0.3 is 0 Å². The van der Waals surface area contributed by atoms with Crippen molar-refractivity contribution >= 4 is 17.3 Å². The molecule has 0 aliphatic rings. The Morgan fingerprint density at radius 1 is 1.88 bits per heavy atom. The van der Waals surface area contributed by atoms with E-state index in [1.165, 1.54) is 0 Å². The Hall–Kier alpha value is -0.150. The minimum absolute atomic E-state index is 0.271. The molecule has 0 aromatic heterocycles. The summed E-state index contributed by atoms with van der Waals surface area (Å²) in [6, 6.07) is 0. The second-order valence-corrected chi connectivity index (χ2v) is 1.83. The van der Waals surface area contributed by atoms with E-state index < -0.39 is 6.10 Å². The van der Waals surface area contributed by atoms with Gasteiger partial charge in [0.15, 0.2) is 5.05 Å². The molecule has 0 heterocycles. The molecule has 0 spiro atoms. The molecule has 1 unspecified atom stereocenters. The van der Waals surface area contributed by atoms with Crippen LogP contribution in [0.3, 0.4) is 0 Å². The third-order valence-corrected chi connectivity index (χ3v) is 1.09. The van der Waals surface area contributed by atoms with Gasteiger partial charge in [-0.1, -0.05) is 0 Å². The third-order valence-electron chi connectivity index (χ3n) is 0.628. The van der Waals surface area contributed by atoms with Crippen molar-refractivity contribution in [2.75, 3.05) is 6.61 Å². The van der Waals surface area contributed by atoms with Crippen molar-refractivity contribution in [2.24, 2.45) is 0 Å². The number of ether oxygens (including phenoxy) is 1. The molecule has 2 nitrogen and oxygen atoms in total. The van der Waals surface area contributed by atoms with Crippen molar-refractivity contribution < 1.29 is 9.84 Å². The maximum absolute atomic E-state index is 8.69. The van der Waals surface area contributed by atoms with Gasteiger partial charge in [-0.2, -0.15) is 0 Å². The minimum atomic E-state index is -0.620. The smallest absolute Gasteiger partial charge is 0.188 e. The molecule has 0 aliphatic carbocycles. The van der Waals surface area contributed by atoms with Crippen LogP contribution in [0.4, 0.5) is 0 Å². The summed E-state index contributed by atoms with van der Waals surface area (Å²) in [4.78, 5) is 0. The Bertz CT molecular complexity index is 80.5. The predicted molar refractivity (Wildman–Crippen MR) is 35.9 cm³/mol. The standard InChI is InChI=1S/C5H10O2S/c1-3-7-5(8)4(2)6/h4,6H,3H2,1-2H3. The number of hydrogen-bond donors (Lipinski definition) is 1. The number of hydrogen-bond acceptors (Lipinski definition) is 3. The van der Waals surface area contributed by atoms with Gasteiger partial charge in [0.1, 0.15) is 6.10 Å². The molecular formula is C5H10O2S. The second kappa shape index (κ2) is 3.80. The van der Waals surface area contributed by atoms with Crippen LogP contribution in [0.2, 0.25) is 0 Å². The van der Waals surface area contributed by atoms with Crippen LogP contribution in [0.1, 0.15) is 13.8 Å². The van der Waals surface area contributed by atoms with Crippen molar-refractivity contribution in [3.8, 4) is 0 Å². The molecular weight excluding hydrogens is 124 g/mol. The minimum Gasteiger partial charge on any atom is -0.485 e. The summed E-state index contributed by atoms with van der Waals surface area (Å²) in [6.07, 6.45) is -0.620. The largest absolute Gasteiger partial charge is 0.485 e. The highest BCUT2D eigenvalue weighted by molar-refractivity contribution is 7.80. The van der Waals surface area contributed by atoms with E-state index in [-0.39, 0.29) is 5.05 Å². The first-order chi connectivity index (χ1) is 3.68. The van der Waals surface area contributed by atoms with Crippen LogP contribution in [0.5, 0.6) is 0 Å². The molecule has 0 rings (SSSR count). The summed E-state index contributed by atoms with van der Waals surface area (Å²) in [5.74, 6) is 0. The lowest BCUT2D eigenvalue weighted by molar-refractivity contribution is 0.212. The van der Waals surface area contributed by atoms with Gasteiger partial charge < -0.3 is 9.84 Å². The number of aliphatic hydroxyl groups is 1. The summed E-state index contributed by atoms with van der Waals surface area (Å²) in [7, 11) is 0.